The van der Waals surface area contributed by atoms with Crippen LogP contribution in [0, 0.1) is 5.92 Å². The highest BCUT2D eigenvalue weighted by atomic mass is 16.4. The summed E-state index contributed by atoms with van der Waals surface area (Å²) >= 11 is 0. The van der Waals surface area contributed by atoms with Gasteiger partial charge in [0.05, 0.1) is 5.56 Å². The molecule has 2 N–H and O–H groups in total. The van der Waals surface area contributed by atoms with E-state index in [9.17, 15) is 9.90 Å². The van der Waals surface area contributed by atoms with Crippen molar-refractivity contribution in [3.8, 4) is 0 Å². The number of nitrogens with zero attached hydrogens (tertiary/aromatic N) is 1. The van der Waals surface area contributed by atoms with Crippen molar-refractivity contribution in [2.45, 2.75) is 33.2 Å². The molecular weight excluding hydrogens is 252 g/mol. The second-order valence-corrected chi connectivity index (χ2v) is 5.55. The molecular formula is C16H20N2O2. The first-order valence-corrected chi connectivity index (χ1v) is 6.86. The topological polar surface area (TPSA) is 62.2 Å². The fourth-order valence-corrected chi connectivity index (χ4v) is 2.48. The molecule has 0 aliphatic carbocycles. The lowest BCUT2D eigenvalue weighted by Crippen LogP contribution is -2.18. The van der Waals surface area contributed by atoms with Gasteiger partial charge >= 0.3 is 5.97 Å². The van der Waals surface area contributed by atoms with Crippen molar-refractivity contribution in [1.29, 1.82) is 0 Å². The maximum atomic E-state index is 11.2. The Kier molecular flexibility index (Phi) is 4.23. The van der Waals surface area contributed by atoms with Crippen molar-refractivity contribution in [3.05, 3.63) is 36.0 Å². The Bertz CT molecular complexity index is 623. The van der Waals surface area contributed by atoms with Gasteiger partial charge in [0, 0.05) is 23.0 Å². The van der Waals surface area contributed by atoms with E-state index in [-0.39, 0.29) is 5.56 Å². The van der Waals surface area contributed by atoms with E-state index in [0.29, 0.717) is 17.3 Å². The van der Waals surface area contributed by atoms with Crippen LogP contribution in [0.4, 0.5) is 5.82 Å². The number of carboxylic acids is 1. The van der Waals surface area contributed by atoms with Gasteiger partial charge in [-0.3, -0.25) is 0 Å². The van der Waals surface area contributed by atoms with Crippen LogP contribution in [0.5, 0.6) is 0 Å². The van der Waals surface area contributed by atoms with Crippen LogP contribution in [0.1, 0.15) is 37.6 Å². The van der Waals surface area contributed by atoms with E-state index in [1.807, 2.05) is 24.3 Å². The Labute approximate surface area is 118 Å². The molecule has 2 aromatic rings. The van der Waals surface area contributed by atoms with E-state index in [2.05, 4.69) is 31.1 Å². The summed E-state index contributed by atoms with van der Waals surface area (Å²) in [6.45, 7) is 6.47. The summed E-state index contributed by atoms with van der Waals surface area (Å²) in [5.41, 5.74) is 0.239. The molecule has 0 aliphatic heterocycles. The lowest BCUT2D eigenvalue weighted by atomic mass is 10.0. The van der Waals surface area contributed by atoms with Crippen molar-refractivity contribution in [1.82, 2.24) is 4.98 Å². The Morgan fingerprint density at radius 2 is 1.90 bits per heavy atom. The van der Waals surface area contributed by atoms with Crippen molar-refractivity contribution < 1.29 is 9.90 Å². The van der Waals surface area contributed by atoms with Gasteiger partial charge in [-0.05, 0) is 19.3 Å². The zero-order valence-corrected chi connectivity index (χ0v) is 12.1. The van der Waals surface area contributed by atoms with Crippen molar-refractivity contribution in [2.75, 3.05) is 5.32 Å². The number of fused-ring (bicyclic) bond motifs is 1. The summed E-state index contributed by atoms with van der Waals surface area (Å²) in [5.74, 6) is 0.399. The second-order valence-electron chi connectivity index (χ2n) is 5.55. The van der Waals surface area contributed by atoms with Gasteiger partial charge in [0.1, 0.15) is 5.82 Å². The lowest BCUT2D eigenvalue weighted by Gasteiger charge is -2.18. The molecule has 0 spiro atoms. The average Bonchev–Trinajstić information content (AvgIpc) is 2.37. The van der Waals surface area contributed by atoms with Crippen molar-refractivity contribution in [3.63, 3.8) is 0 Å². The molecule has 1 aromatic heterocycles. The van der Waals surface area contributed by atoms with Gasteiger partial charge in [0.25, 0.3) is 0 Å². The van der Waals surface area contributed by atoms with Gasteiger partial charge < -0.3 is 10.4 Å². The molecule has 0 amide bonds. The van der Waals surface area contributed by atoms with Crippen LogP contribution in [0.15, 0.2) is 30.5 Å². The van der Waals surface area contributed by atoms with Crippen molar-refractivity contribution in [2.24, 2.45) is 5.92 Å². The molecule has 4 heteroatoms. The first-order valence-electron chi connectivity index (χ1n) is 6.86. The van der Waals surface area contributed by atoms with Crippen LogP contribution in [0.2, 0.25) is 0 Å². The molecule has 0 radical (unpaired) electrons. The van der Waals surface area contributed by atoms with Crippen LogP contribution in [0.3, 0.4) is 0 Å². The number of hydrogen-bond acceptors (Lipinski definition) is 3. The van der Waals surface area contributed by atoms with E-state index in [0.717, 1.165) is 17.6 Å². The summed E-state index contributed by atoms with van der Waals surface area (Å²) < 4.78 is 0. The molecule has 1 unspecified atom stereocenters. The zero-order valence-electron chi connectivity index (χ0n) is 12.1. The fraction of sp³-hybridized carbons (Fsp3) is 0.375. The number of carboxylic acid groups (broad SMARTS) is 1. The summed E-state index contributed by atoms with van der Waals surface area (Å²) in [6.07, 6.45) is 2.46. The number of benzene rings is 1. The largest absolute Gasteiger partial charge is 0.478 e. The van der Waals surface area contributed by atoms with Crippen LogP contribution in [-0.2, 0) is 0 Å². The van der Waals surface area contributed by atoms with E-state index >= 15 is 0 Å². The number of rotatable bonds is 5. The molecule has 106 valence electrons. The number of anilines is 1. The predicted octanol–water partition coefficient (Wildman–Crippen LogP) is 3.78. The SMILES string of the molecule is CC(C)CC(C)Nc1ncc(C(=O)O)c2ccccc12. The maximum Gasteiger partial charge on any atom is 0.337 e. The molecule has 0 fully saturated rings. The highest BCUT2D eigenvalue weighted by Gasteiger charge is 2.13. The van der Waals surface area contributed by atoms with Gasteiger partial charge in [0.15, 0.2) is 0 Å². The number of hydrogen-bond donors (Lipinski definition) is 2. The molecule has 20 heavy (non-hydrogen) atoms. The second kappa shape index (κ2) is 5.90. The van der Waals surface area contributed by atoms with Crippen LogP contribution >= 0.6 is 0 Å². The predicted molar refractivity (Wildman–Crippen MR) is 81.2 cm³/mol. The summed E-state index contributed by atoms with van der Waals surface area (Å²) in [5, 5.41) is 14.2. The molecule has 1 atom stereocenters. The summed E-state index contributed by atoms with van der Waals surface area (Å²) in [4.78, 5) is 15.5. The summed E-state index contributed by atoms with van der Waals surface area (Å²) in [7, 11) is 0. The van der Waals surface area contributed by atoms with Crippen LogP contribution in [-0.4, -0.2) is 22.1 Å². The molecule has 0 saturated carbocycles. The van der Waals surface area contributed by atoms with E-state index < -0.39 is 5.97 Å². The third-order valence-corrected chi connectivity index (χ3v) is 3.23. The van der Waals surface area contributed by atoms with Gasteiger partial charge in [-0.2, -0.15) is 0 Å². The minimum Gasteiger partial charge on any atom is -0.478 e. The van der Waals surface area contributed by atoms with Gasteiger partial charge in [-0.1, -0.05) is 38.1 Å². The molecule has 1 heterocycles. The summed E-state index contributed by atoms with van der Waals surface area (Å²) in [6, 6.07) is 7.75. The third-order valence-electron chi connectivity index (χ3n) is 3.23. The van der Waals surface area contributed by atoms with Crippen molar-refractivity contribution >= 4 is 22.6 Å². The smallest absolute Gasteiger partial charge is 0.337 e. The quantitative estimate of drug-likeness (QED) is 0.869. The lowest BCUT2D eigenvalue weighted by molar-refractivity contribution is 0.0698. The Morgan fingerprint density at radius 3 is 2.50 bits per heavy atom. The van der Waals surface area contributed by atoms with Gasteiger partial charge in [0.2, 0.25) is 0 Å². The number of pyridine rings is 1. The Balaban J connectivity index is 2.40. The minimum absolute atomic E-state index is 0.239. The average molecular weight is 272 g/mol. The molecule has 1 aromatic carbocycles. The molecule has 0 aliphatic rings. The zero-order chi connectivity index (χ0) is 14.7. The van der Waals surface area contributed by atoms with Crippen LogP contribution in [0.25, 0.3) is 10.8 Å². The van der Waals surface area contributed by atoms with E-state index in [1.165, 1.54) is 6.20 Å². The van der Waals surface area contributed by atoms with Crippen LogP contribution < -0.4 is 5.32 Å². The molecule has 4 nitrogen and oxygen atoms in total. The highest BCUT2D eigenvalue weighted by molar-refractivity contribution is 6.06. The third kappa shape index (κ3) is 3.07. The molecule has 2 rings (SSSR count). The van der Waals surface area contributed by atoms with Gasteiger partial charge in [-0.25, -0.2) is 9.78 Å². The minimum atomic E-state index is -0.949. The standard InChI is InChI=1S/C16H20N2O2/c1-10(2)8-11(3)18-15-13-7-5-4-6-12(13)14(9-17-15)16(19)20/h4-7,9-11H,8H2,1-3H3,(H,17,18)(H,19,20). The van der Waals surface area contributed by atoms with E-state index in [1.54, 1.807) is 0 Å². The Hall–Kier alpha value is -2.10. The maximum absolute atomic E-state index is 11.2. The van der Waals surface area contributed by atoms with E-state index in [4.69, 9.17) is 0 Å². The number of nitrogens with one attached hydrogen (secondary N) is 1. The number of aromatic carboxylic acids is 1. The van der Waals surface area contributed by atoms with Gasteiger partial charge in [-0.15, -0.1) is 0 Å². The first-order chi connectivity index (χ1) is 9.49. The fourth-order valence-electron chi connectivity index (χ4n) is 2.48. The Morgan fingerprint density at radius 1 is 1.25 bits per heavy atom. The molecule has 0 bridgehead atoms. The number of carbonyl (C=O) groups is 1. The molecule has 0 saturated heterocycles. The normalized spacial score (nSPS) is 12.6. The number of aromatic nitrogens is 1. The first kappa shape index (κ1) is 14.3. The monoisotopic (exact) mass is 272 g/mol. The highest BCUT2D eigenvalue weighted by Crippen LogP contribution is 2.25.